The van der Waals surface area contributed by atoms with Crippen LogP contribution in [-0.4, -0.2) is 27.8 Å². The van der Waals surface area contributed by atoms with Gasteiger partial charge in [0.15, 0.2) is 5.69 Å². The van der Waals surface area contributed by atoms with Gasteiger partial charge >= 0.3 is 6.18 Å². The minimum absolute atomic E-state index is 0.0136. The van der Waals surface area contributed by atoms with E-state index in [1.165, 1.54) is 18.5 Å². The second-order valence-electron chi connectivity index (χ2n) is 6.82. The first kappa shape index (κ1) is 19.9. The van der Waals surface area contributed by atoms with Crippen LogP contribution in [0.4, 0.5) is 13.2 Å². The van der Waals surface area contributed by atoms with Gasteiger partial charge in [0.05, 0.1) is 11.9 Å². The van der Waals surface area contributed by atoms with E-state index in [1.807, 2.05) is 0 Å². The summed E-state index contributed by atoms with van der Waals surface area (Å²) in [6, 6.07) is 4.78. The van der Waals surface area contributed by atoms with E-state index in [1.54, 1.807) is 0 Å². The van der Waals surface area contributed by atoms with Crippen molar-refractivity contribution in [3.63, 3.8) is 0 Å². The normalized spacial score (nSPS) is 15.2. The Morgan fingerprint density at radius 2 is 1.89 bits per heavy atom. The second-order valence-corrected chi connectivity index (χ2v) is 6.82. The zero-order chi connectivity index (χ0) is 20.1. The van der Waals surface area contributed by atoms with Gasteiger partial charge in [0.25, 0.3) is 11.8 Å². The number of hydrogen-bond acceptors (Lipinski definition) is 3. The van der Waals surface area contributed by atoms with Crippen LogP contribution in [0.2, 0.25) is 0 Å². The number of benzene rings is 1. The van der Waals surface area contributed by atoms with E-state index in [2.05, 4.69) is 20.6 Å². The van der Waals surface area contributed by atoms with Crippen molar-refractivity contribution >= 4 is 11.8 Å². The Bertz CT molecular complexity index is 842. The summed E-state index contributed by atoms with van der Waals surface area (Å²) < 4.78 is 38.3. The molecule has 28 heavy (non-hydrogen) atoms. The van der Waals surface area contributed by atoms with Crippen LogP contribution in [0.5, 0.6) is 0 Å². The molecule has 0 bridgehead atoms. The summed E-state index contributed by atoms with van der Waals surface area (Å²) in [4.78, 5) is 31.4. The molecule has 1 fully saturated rings. The minimum atomic E-state index is -4.45. The van der Waals surface area contributed by atoms with Crippen molar-refractivity contribution in [3.8, 4) is 0 Å². The van der Waals surface area contributed by atoms with E-state index in [0.717, 1.165) is 44.2 Å². The van der Waals surface area contributed by atoms with Crippen molar-refractivity contribution in [1.82, 2.24) is 20.6 Å². The van der Waals surface area contributed by atoms with Crippen LogP contribution in [0.25, 0.3) is 0 Å². The molecule has 1 aromatic heterocycles. The van der Waals surface area contributed by atoms with E-state index < -0.39 is 23.6 Å². The molecular formula is C19H21F3N4O2. The van der Waals surface area contributed by atoms with E-state index >= 15 is 0 Å². The van der Waals surface area contributed by atoms with Crippen LogP contribution >= 0.6 is 0 Å². The third-order valence-corrected chi connectivity index (χ3v) is 4.73. The summed E-state index contributed by atoms with van der Waals surface area (Å²) in [7, 11) is 0. The third-order valence-electron chi connectivity index (χ3n) is 4.73. The number of nitrogens with zero attached hydrogens (tertiary/aromatic N) is 1. The molecule has 9 heteroatoms. The molecule has 6 nitrogen and oxygen atoms in total. The fourth-order valence-electron chi connectivity index (χ4n) is 3.27. The molecule has 0 saturated heterocycles. The molecule has 1 aliphatic carbocycles. The van der Waals surface area contributed by atoms with E-state index in [-0.39, 0.29) is 24.0 Å². The monoisotopic (exact) mass is 394 g/mol. The van der Waals surface area contributed by atoms with Crippen molar-refractivity contribution in [2.24, 2.45) is 0 Å². The quantitative estimate of drug-likeness (QED) is 0.726. The summed E-state index contributed by atoms with van der Waals surface area (Å²) in [5, 5.41) is 5.41. The third kappa shape index (κ3) is 4.90. The first-order valence-electron chi connectivity index (χ1n) is 9.13. The van der Waals surface area contributed by atoms with E-state index in [4.69, 9.17) is 0 Å². The van der Waals surface area contributed by atoms with Gasteiger partial charge < -0.3 is 15.6 Å². The second kappa shape index (κ2) is 8.45. The maximum atomic E-state index is 12.8. The van der Waals surface area contributed by atoms with Crippen LogP contribution in [0.15, 0.2) is 30.6 Å². The Hall–Kier alpha value is -2.84. The lowest BCUT2D eigenvalue weighted by molar-refractivity contribution is -0.137. The van der Waals surface area contributed by atoms with Gasteiger partial charge in [-0.3, -0.25) is 9.59 Å². The van der Waals surface area contributed by atoms with Crippen molar-refractivity contribution in [3.05, 3.63) is 53.1 Å². The molecule has 2 aromatic rings. The van der Waals surface area contributed by atoms with E-state index in [0.29, 0.717) is 5.56 Å². The molecule has 3 rings (SSSR count). The number of carbonyl (C=O) groups is 2. The smallest absolute Gasteiger partial charge is 0.348 e. The Balaban J connectivity index is 1.62. The summed E-state index contributed by atoms with van der Waals surface area (Å²) in [5.74, 6) is -1.04. The van der Waals surface area contributed by atoms with Gasteiger partial charge in [-0.1, -0.05) is 31.4 Å². The fourth-order valence-corrected chi connectivity index (χ4v) is 3.27. The lowest BCUT2D eigenvalue weighted by atomic mass is 9.95. The van der Waals surface area contributed by atoms with Gasteiger partial charge in [0, 0.05) is 12.6 Å². The van der Waals surface area contributed by atoms with Gasteiger partial charge in [-0.15, -0.1) is 0 Å². The highest BCUT2D eigenvalue weighted by Gasteiger charge is 2.30. The summed E-state index contributed by atoms with van der Waals surface area (Å²) >= 11 is 0. The molecule has 1 aliphatic rings. The molecule has 1 saturated carbocycles. The Kier molecular flexibility index (Phi) is 6.01. The number of nitrogens with one attached hydrogen (secondary N) is 3. The highest BCUT2D eigenvalue weighted by molar-refractivity contribution is 6.04. The summed E-state index contributed by atoms with van der Waals surface area (Å²) in [6.45, 7) is -0.106. The van der Waals surface area contributed by atoms with E-state index in [9.17, 15) is 22.8 Å². The number of H-pyrrole nitrogens is 1. The average Bonchev–Trinajstić information content (AvgIpc) is 3.16. The topological polar surface area (TPSA) is 86.9 Å². The largest absolute Gasteiger partial charge is 0.416 e. The number of aromatic nitrogens is 2. The summed E-state index contributed by atoms with van der Waals surface area (Å²) in [6.07, 6.45) is 1.84. The molecule has 0 radical (unpaired) electrons. The molecule has 3 N–H and O–H groups in total. The van der Waals surface area contributed by atoms with Crippen LogP contribution < -0.4 is 10.6 Å². The molecule has 0 aliphatic heterocycles. The molecule has 1 heterocycles. The van der Waals surface area contributed by atoms with Gasteiger partial charge in [0.1, 0.15) is 5.69 Å². The number of halogens is 3. The maximum Gasteiger partial charge on any atom is 0.416 e. The molecule has 0 unspecified atom stereocenters. The van der Waals surface area contributed by atoms with Gasteiger partial charge in [-0.2, -0.15) is 13.2 Å². The van der Waals surface area contributed by atoms with Crippen molar-refractivity contribution in [1.29, 1.82) is 0 Å². The number of hydrogen-bond donors (Lipinski definition) is 3. The van der Waals surface area contributed by atoms with Crippen molar-refractivity contribution in [2.45, 2.75) is 50.9 Å². The molecule has 1 aromatic carbocycles. The molecule has 150 valence electrons. The predicted octanol–water partition coefficient (Wildman–Crippen LogP) is 3.42. The zero-order valence-electron chi connectivity index (χ0n) is 15.1. The number of rotatable bonds is 5. The average molecular weight is 394 g/mol. The number of aromatic amines is 1. The van der Waals surface area contributed by atoms with Gasteiger partial charge in [-0.05, 0) is 30.5 Å². The predicted molar refractivity (Wildman–Crippen MR) is 95.5 cm³/mol. The van der Waals surface area contributed by atoms with Crippen molar-refractivity contribution < 1.29 is 22.8 Å². The number of carbonyl (C=O) groups excluding carboxylic acids is 2. The first-order chi connectivity index (χ1) is 13.3. The minimum Gasteiger partial charge on any atom is -0.348 e. The van der Waals surface area contributed by atoms with Crippen molar-refractivity contribution in [2.75, 3.05) is 0 Å². The lowest BCUT2D eigenvalue weighted by Crippen LogP contribution is -2.37. The van der Waals surface area contributed by atoms with Crippen LogP contribution in [0, 0.1) is 0 Å². The fraction of sp³-hybridized carbons (Fsp3) is 0.421. The Morgan fingerprint density at radius 3 is 2.61 bits per heavy atom. The van der Waals surface area contributed by atoms with Gasteiger partial charge in [-0.25, -0.2) is 4.98 Å². The Morgan fingerprint density at radius 1 is 1.14 bits per heavy atom. The lowest BCUT2D eigenvalue weighted by Gasteiger charge is -2.22. The number of alkyl halides is 3. The molecular weight excluding hydrogens is 373 g/mol. The maximum absolute atomic E-state index is 12.8. The standard InChI is InChI=1S/C19H21F3N4O2/c20-19(21,22)13-6-4-5-12(9-13)10-23-17(27)15-16(25-11-24-15)18(28)26-14-7-2-1-3-8-14/h4-6,9,11,14H,1-3,7-8,10H2,(H,23,27)(H,24,25)(H,26,28). The highest BCUT2D eigenvalue weighted by Crippen LogP contribution is 2.29. The first-order valence-corrected chi connectivity index (χ1v) is 9.13. The van der Waals surface area contributed by atoms with Gasteiger partial charge in [0.2, 0.25) is 0 Å². The number of imidazole rings is 1. The SMILES string of the molecule is O=C(NC1CCCCC1)c1nc[nH]c1C(=O)NCc1cccc(C(F)(F)F)c1. The van der Waals surface area contributed by atoms with Crippen LogP contribution in [-0.2, 0) is 12.7 Å². The summed E-state index contributed by atoms with van der Waals surface area (Å²) in [5.41, 5.74) is -0.517. The number of amides is 2. The zero-order valence-corrected chi connectivity index (χ0v) is 15.1. The van der Waals surface area contributed by atoms with Crippen LogP contribution in [0.3, 0.4) is 0 Å². The molecule has 0 spiro atoms. The molecule has 0 atom stereocenters. The Labute approximate surface area is 159 Å². The highest BCUT2D eigenvalue weighted by atomic mass is 19.4. The van der Waals surface area contributed by atoms with Crippen LogP contribution in [0.1, 0.15) is 64.2 Å². The molecule has 2 amide bonds.